The van der Waals surface area contributed by atoms with Gasteiger partial charge in [0.1, 0.15) is 0 Å². The smallest absolute Gasteiger partial charge is 0.000731 e. The maximum absolute atomic E-state index is 2.64. The van der Waals surface area contributed by atoms with Gasteiger partial charge < -0.3 is 0 Å². The lowest BCUT2D eigenvalue weighted by Crippen LogP contribution is -2.12. The van der Waals surface area contributed by atoms with Gasteiger partial charge in [-0.1, -0.05) is 166 Å². The molecule has 1 aliphatic rings. The summed E-state index contributed by atoms with van der Waals surface area (Å²) in [5, 5.41) is 21.9. The number of hydrogen-bond donors (Lipinski definition) is 0. The zero-order valence-electron chi connectivity index (χ0n) is 40.0. The van der Waals surface area contributed by atoms with E-state index in [0.717, 1.165) is 0 Å². The highest BCUT2D eigenvalue weighted by atomic mass is 14.4. The Morgan fingerprint density at radius 1 is 0.303 bits per heavy atom. The molecule has 12 aromatic rings. The van der Waals surface area contributed by atoms with Gasteiger partial charge in [-0.2, -0.15) is 0 Å². The van der Waals surface area contributed by atoms with Crippen molar-refractivity contribution < 1.29 is 0 Å². The Kier molecular flexibility index (Phi) is 8.05. The van der Waals surface area contributed by atoms with Gasteiger partial charge in [-0.25, -0.2) is 0 Å². The van der Waals surface area contributed by atoms with Crippen LogP contribution in [0.2, 0.25) is 0 Å². The van der Waals surface area contributed by atoms with E-state index in [1.54, 1.807) is 0 Å². The summed E-state index contributed by atoms with van der Waals surface area (Å²) < 4.78 is 0. The quantitative estimate of drug-likeness (QED) is 0.166. The van der Waals surface area contributed by atoms with Crippen LogP contribution < -0.4 is 0 Å². The van der Waals surface area contributed by atoms with E-state index in [-0.39, 0.29) is 10.8 Å². The Labute approximate surface area is 388 Å². The van der Waals surface area contributed by atoms with Gasteiger partial charge in [0.15, 0.2) is 0 Å². The summed E-state index contributed by atoms with van der Waals surface area (Å²) >= 11 is 0. The van der Waals surface area contributed by atoms with Gasteiger partial charge >= 0.3 is 0 Å². The zero-order valence-corrected chi connectivity index (χ0v) is 40.0. The summed E-state index contributed by atoms with van der Waals surface area (Å²) in [6.45, 7) is 23.8. The maximum atomic E-state index is 2.64. The molecule has 0 bridgehead atoms. The van der Waals surface area contributed by atoms with E-state index in [0.29, 0.717) is 11.8 Å². The molecule has 0 fully saturated rings. The molecule has 0 heterocycles. The SMILES string of the molecule is CC(C)c1cc2c3cc4c(-c5ccccc5)c5c6cc(C(C)(C)C)cc7cc(C(C)(C)C)cc(c5c(-c5ccccc5)c4cc3c3c(C(C)C)cc4c(c1-c1cc5ccccc5cc1-4)c23)c76. The molecule has 0 aliphatic heterocycles. The molecule has 0 radical (unpaired) electrons. The van der Waals surface area contributed by atoms with E-state index in [1.165, 1.54) is 153 Å². The summed E-state index contributed by atoms with van der Waals surface area (Å²) in [6.07, 6.45) is 0. The van der Waals surface area contributed by atoms with Crippen molar-refractivity contribution in [3.63, 3.8) is 0 Å². The third-order valence-corrected chi connectivity index (χ3v) is 15.6. The standard InChI is InChI=1S/C66H56/c1-35(2)44-32-51-47-33-52-53(34-49(47)60-45(36(3)4)31-50-46-27-39-23-17-18-24-40(39)28-48(46)59(44)61(50)62(51)60)58(38-21-15-12-16-22-38)64-55-30-43(66(8,9)10)26-41-25-42(65(5,6)7)29-54(56(41)55)63(64)57(52)37-19-13-11-14-20-37/h11-36H,1-10H3. The number of benzene rings is 10. The minimum atomic E-state index is -0.0292. The van der Waals surface area contributed by atoms with Crippen molar-refractivity contribution in [2.24, 2.45) is 0 Å². The first-order valence-electron chi connectivity index (χ1n) is 24.3. The van der Waals surface area contributed by atoms with Gasteiger partial charge in [0.2, 0.25) is 0 Å². The van der Waals surface area contributed by atoms with Gasteiger partial charge in [-0.15, -0.1) is 0 Å². The molecule has 0 spiro atoms. The van der Waals surface area contributed by atoms with Crippen LogP contribution in [0.4, 0.5) is 0 Å². The summed E-state index contributed by atoms with van der Waals surface area (Å²) in [5.74, 6) is 0.687. The highest BCUT2D eigenvalue weighted by molar-refractivity contribution is 6.43. The Hall–Kier alpha value is -6.76. The predicted octanol–water partition coefficient (Wildman–Crippen LogP) is 19.6. The Morgan fingerprint density at radius 3 is 1.30 bits per heavy atom. The van der Waals surface area contributed by atoms with Crippen LogP contribution >= 0.6 is 0 Å². The summed E-state index contributed by atoms with van der Waals surface area (Å²) in [4.78, 5) is 0. The Balaban J connectivity index is 1.31. The van der Waals surface area contributed by atoms with Crippen molar-refractivity contribution in [3.05, 3.63) is 168 Å². The van der Waals surface area contributed by atoms with Crippen LogP contribution in [0.5, 0.6) is 0 Å². The molecule has 0 nitrogen and oxygen atoms in total. The lowest BCUT2D eigenvalue weighted by molar-refractivity contribution is 0.590. The van der Waals surface area contributed by atoms with Crippen molar-refractivity contribution >= 4 is 86.2 Å². The minimum absolute atomic E-state index is 0.0291. The first-order valence-corrected chi connectivity index (χ1v) is 24.3. The van der Waals surface area contributed by atoms with Gasteiger partial charge in [0.05, 0.1) is 0 Å². The highest BCUT2D eigenvalue weighted by Crippen LogP contribution is 2.59. The van der Waals surface area contributed by atoms with Crippen LogP contribution in [0.3, 0.4) is 0 Å². The van der Waals surface area contributed by atoms with Gasteiger partial charge in [0.25, 0.3) is 0 Å². The van der Waals surface area contributed by atoms with Crippen LogP contribution in [0.15, 0.2) is 146 Å². The van der Waals surface area contributed by atoms with E-state index in [9.17, 15) is 0 Å². The van der Waals surface area contributed by atoms with Crippen molar-refractivity contribution in [3.8, 4) is 44.5 Å². The molecule has 0 saturated carbocycles. The van der Waals surface area contributed by atoms with Crippen molar-refractivity contribution in [1.29, 1.82) is 0 Å². The Bertz CT molecular complexity index is 4010. The molecule has 12 aromatic carbocycles. The molecule has 0 heteroatoms. The molecule has 0 saturated heterocycles. The fourth-order valence-electron chi connectivity index (χ4n) is 12.3. The van der Waals surface area contributed by atoms with Gasteiger partial charge in [-0.05, 0) is 224 Å². The second kappa shape index (κ2) is 13.4. The van der Waals surface area contributed by atoms with Gasteiger partial charge in [0, 0.05) is 0 Å². The second-order valence-electron chi connectivity index (χ2n) is 22.4. The van der Waals surface area contributed by atoms with Crippen LogP contribution in [0.1, 0.15) is 103 Å². The molecule has 1 aliphatic carbocycles. The van der Waals surface area contributed by atoms with Gasteiger partial charge in [-0.3, -0.25) is 0 Å². The number of hydrogen-bond acceptors (Lipinski definition) is 0. The highest BCUT2D eigenvalue weighted by Gasteiger charge is 2.33. The molecule has 0 N–H and O–H groups in total. The molecule has 66 heavy (non-hydrogen) atoms. The van der Waals surface area contributed by atoms with E-state index >= 15 is 0 Å². The molecular weight excluding hydrogens is 793 g/mol. The van der Waals surface area contributed by atoms with Crippen molar-refractivity contribution in [2.75, 3.05) is 0 Å². The van der Waals surface area contributed by atoms with E-state index in [1.807, 2.05) is 0 Å². The monoisotopic (exact) mass is 848 g/mol. The molecule has 0 amide bonds. The predicted molar refractivity (Wildman–Crippen MR) is 290 cm³/mol. The zero-order chi connectivity index (χ0) is 45.3. The first kappa shape index (κ1) is 39.6. The van der Waals surface area contributed by atoms with E-state index in [2.05, 4.69) is 215 Å². The molecule has 0 aromatic heterocycles. The van der Waals surface area contributed by atoms with Crippen LogP contribution in [-0.2, 0) is 10.8 Å². The average molecular weight is 849 g/mol. The fraction of sp³-hybridized carbons (Fsp3) is 0.212. The molecule has 13 rings (SSSR count). The number of rotatable bonds is 4. The largest absolute Gasteiger partial charge is 0.0622 e. The summed E-state index contributed by atoms with van der Waals surface area (Å²) in [7, 11) is 0. The van der Waals surface area contributed by atoms with E-state index in [4.69, 9.17) is 0 Å². The lowest BCUT2D eigenvalue weighted by atomic mass is 9.82. The van der Waals surface area contributed by atoms with Crippen LogP contribution in [0.25, 0.3) is 131 Å². The number of fused-ring (bicyclic) bond motifs is 11. The first-order chi connectivity index (χ1) is 31.7. The second-order valence-corrected chi connectivity index (χ2v) is 22.4. The van der Waals surface area contributed by atoms with Crippen LogP contribution in [-0.4, -0.2) is 0 Å². The summed E-state index contributed by atoms with van der Waals surface area (Å²) in [6, 6.07) is 57.1. The van der Waals surface area contributed by atoms with Crippen molar-refractivity contribution in [1.82, 2.24) is 0 Å². The molecular formula is C66H56. The minimum Gasteiger partial charge on any atom is -0.0622 e. The lowest BCUT2D eigenvalue weighted by Gasteiger charge is -2.22. The Morgan fingerprint density at radius 2 is 0.788 bits per heavy atom. The van der Waals surface area contributed by atoms with Crippen molar-refractivity contribution in [2.45, 2.75) is 91.9 Å². The maximum Gasteiger partial charge on any atom is -0.000731 e. The average Bonchev–Trinajstić information content (AvgIpc) is 3.91. The summed E-state index contributed by atoms with van der Waals surface area (Å²) in [5.41, 5.74) is 16.4. The molecule has 0 unspecified atom stereocenters. The fourth-order valence-corrected chi connectivity index (χ4v) is 12.3. The third-order valence-electron chi connectivity index (χ3n) is 15.6. The van der Waals surface area contributed by atoms with Crippen LogP contribution in [0, 0.1) is 0 Å². The molecule has 0 atom stereocenters. The normalized spacial score (nSPS) is 13.3. The molecule has 320 valence electrons. The topological polar surface area (TPSA) is 0 Å². The third kappa shape index (κ3) is 5.33. The van der Waals surface area contributed by atoms with E-state index < -0.39 is 0 Å².